The van der Waals surface area contributed by atoms with E-state index in [4.69, 9.17) is 4.74 Å². The van der Waals surface area contributed by atoms with E-state index in [-0.39, 0.29) is 0 Å². The Kier molecular flexibility index (Phi) is 5.12. The lowest BCUT2D eigenvalue weighted by atomic mass is 10.0. The van der Waals surface area contributed by atoms with Crippen LogP contribution in [0, 0.1) is 0 Å². The van der Waals surface area contributed by atoms with E-state index >= 15 is 0 Å². The Hall–Kier alpha value is -1.88. The molecule has 1 aromatic heterocycles. The van der Waals surface area contributed by atoms with E-state index in [1.54, 1.807) is 13.4 Å². The van der Waals surface area contributed by atoms with Gasteiger partial charge in [-0.2, -0.15) is 0 Å². The predicted molar refractivity (Wildman–Crippen MR) is 78.7 cm³/mol. The SMILES string of the molecule is CCC(NCCc1nncn1C)c1ccccc1OC. The Morgan fingerprint density at radius 3 is 2.80 bits per heavy atom. The summed E-state index contributed by atoms with van der Waals surface area (Å²) in [5.74, 6) is 1.93. The molecule has 1 aromatic carbocycles. The summed E-state index contributed by atoms with van der Waals surface area (Å²) in [5.41, 5.74) is 1.20. The molecule has 0 saturated heterocycles. The lowest BCUT2D eigenvalue weighted by molar-refractivity contribution is 0.397. The number of nitrogens with one attached hydrogen (secondary N) is 1. The molecule has 1 atom stereocenters. The maximum absolute atomic E-state index is 5.43. The fourth-order valence-electron chi connectivity index (χ4n) is 2.32. The molecule has 0 bridgehead atoms. The molecule has 0 amide bonds. The van der Waals surface area contributed by atoms with Gasteiger partial charge in [0, 0.05) is 31.6 Å². The first-order valence-corrected chi connectivity index (χ1v) is 6.95. The molecule has 0 aliphatic rings. The molecular formula is C15H22N4O. The third-order valence-corrected chi connectivity index (χ3v) is 3.47. The monoisotopic (exact) mass is 274 g/mol. The van der Waals surface area contributed by atoms with Crippen LogP contribution in [-0.2, 0) is 13.5 Å². The van der Waals surface area contributed by atoms with Gasteiger partial charge in [0.25, 0.3) is 0 Å². The third-order valence-electron chi connectivity index (χ3n) is 3.47. The maximum Gasteiger partial charge on any atom is 0.133 e. The first kappa shape index (κ1) is 14.5. The maximum atomic E-state index is 5.43. The van der Waals surface area contributed by atoms with Gasteiger partial charge in [0.05, 0.1) is 7.11 Å². The summed E-state index contributed by atoms with van der Waals surface area (Å²) >= 11 is 0. The molecule has 5 nitrogen and oxygen atoms in total. The normalized spacial score (nSPS) is 12.3. The van der Waals surface area contributed by atoms with E-state index in [1.807, 2.05) is 29.8 Å². The van der Waals surface area contributed by atoms with Gasteiger partial charge in [0.15, 0.2) is 0 Å². The fourth-order valence-corrected chi connectivity index (χ4v) is 2.32. The van der Waals surface area contributed by atoms with E-state index in [0.29, 0.717) is 6.04 Å². The topological polar surface area (TPSA) is 52.0 Å². The van der Waals surface area contributed by atoms with Crippen LogP contribution in [-0.4, -0.2) is 28.4 Å². The highest BCUT2D eigenvalue weighted by molar-refractivity contribution is 5.35. The molecule has 2 rings (SSSR count). The van der Waals surface area contributed by atoms with E-state index < -0.39 is 0 Å². The van der Waals surface area contributed by atoms with E-state index in [9.17, 15) is 0 Å². The first-order chi connectivity index (χ1) is 9.76. The van der Waals surface area contributed by atoms with Crippen LogP contribution in [0.1, 0.15) is 30.8 Å². The molecule has 0 aliphatic heterocycles. The predicted octanol–water partition coefficient (Wildman–Crippen LogP) is 2.11. The number of aromatic nitrogens is 3. The number of para-hydroxylation sites is 1. The van der Waals surface area contributed by atoms with Gasteiger partial charge in [-0.05, 0) is 12.5 Å². The standard InChI is InChI=1S/C15H22N4O/c1-4-13(12-7-5-6-8-14(12)20-3)16-10-9-15-18-17-11-19(15)2/h5-8,11,13,16H,4,9-10H2,1-3H3. The van der Waals surface area contributed by atoms with Crippen molar-refractivity contribution in [2.75, 3.05) is 13.7 Å². The highest BCUT2D eigenvalue weighted by Crippen LogP contribution is 2.26. The van der Waals surface area contributed by atoms with Crippen LogP contribution in [0.3, 0.4) is 0 Å². The van der Waals surface area contributed by atoms with Gasteiger partial charge in [-0.3, -0.25) is 0 Å². The van der Waals surface area contributed by atoms with Gasteiger partial charge in [0.2, 0.25) is 0 Å². The smallest absolute Gasteiger partial charge is 0.133 e. The summed E-state index contributed by atoms with van der Waals surface area (Å²) < 4.78 is 7.38. The van der Waals surface area contributed by atoms with Crippen molar-refractivity contribution in [2.24, 2.45) is 7.05 Å². The average molecular weight is 274 g/mol. The number of nitrogens with zero attached hydrogens (tertiary/aromatic N) is 3. The molecule has 0 spiro atoms. The average Bonchev–Trinajstić information content (AvgIpc) is 2.89. The molecule has 0 fully saturated rings. The molecule has 1 heterocycles. The van der Waals surface area contributed by atoms with E-state index in [1.165, 1.54) is 5.56 Å². The van der Waals surface area contributed by atoms with Crippen LogP contribution in [0.5, 0.6) is 5.75 Å². The number of methoxy groups -OCH3 is 1. The number of rotatable bonds is 7. The molecular weight excluding hydrogens is 252 g/mol. The number of benzene rings is 1. The summed E-state index contributed by atoms with van der Waals surface area (Å²) in [6.07, 6.45) is 3.61. The Balaban J connectivity index is 1.97. The summed E-state index contributed by atoms with van der Waals surface area (Å²) in [4.78, 5) is 0. The Labute approximate surface area is 120 Å². The Bertz CT molecular complexity index is 538. The molecule has 108 valence electrons. The largest absolute Gasteiger partial charge is 0.496 e. The van der Waals surface area contributed by atoms with Crippen molar-refractivity contribution < 1.29 is 4.74 Å². The first-order valence-electron chi connectivity index (χ1n) is 6.95. The summed E-state index contributed by atoms with van der Waals surface area (Å²) in [6.45, 7) is 3.04. The van der Waals surface area contributed by atoms with Gasteiger partial charge < -0.3 is 14.6 Å². The van der Waals surface area contributed by atoms with Crippen LogP contribution >= 0.6 is 0 Å². The molecule has 5 heteroatoms. The molecule has 1 N–H and O–H groups in total. The fraction of sp³-hybridized carbons (Fsp3) is 0.467. The minimum Gasteiger partial charge on any atom is -0.496 e. The van der Waals surface area contributed by atoms with E-state index in [2.05, 4.69) is 28.5 Å². The Morgan fingerprint density at radius 1 is 1.35 bits per heavy atom. The summed E-state index contributed by atoms with van der Waals surface area (Å²) in [7, 11) is 3.68. The second-order valence-corrected chi connectivity index (χ2v) is 4.76. The zero-order chi connectivity index (χ0) is 14.4. The molecule has 20 heavy (non-hydrogen) atoms. The minimum atomic E-state index is 0.291. The van der Waals surface area contributed by atoms with Gasteiger partial charge in [0.1, 0.15) is 17.9 Å². The molecule has 0 radical (unpaired) electrons. The zero-order valence-electron chi connectivity index (χ0n) is 12.3. The van der Waals surface area contributed by atoms with Crippen molar-refractivity contribution >= 4 is 0 Å². The highest BCUT2D eigenvalue weighted by atomic mass is 16.5. The minimum absolute atomic E-state index is 0.291. The van der Waals surface area contributed by atoms with Crippen LogP contribution in [0.25, 0.3) is 0 Å². The number of hydrogen-bond acceptors (Lipinski definition) is 4. The van der Waals surface area contributed by atoms with Crippen LogP contribution in [0.2, 0.25) is 0 Å². The molecule has 1 unspecified atom stereocenters. The number of ether oxygens (including phenoxy) is 1. The lowest BCUT2D eigenvalue weighted by Gasteiger charge is -2.19. The summed E-state index contributed by atoms with van der Waals surface area (Å²) in [6, 6.07) is 8.45. The zero-order valence-corrected chi connectivity index (χ0v) is 12.3. The second kappa shape index (κ2) is 7.05. The summed E-state index contributed by atoms with van der Waals surface area (Å²) in [5, 5.41) is 11.5. The van der Waals surface area contributed by atoms with Crippen molar-refractivity contribution in [3.8, 4) is 5.75 Å². The number of aryl methyl sites for hydroxylation is 1. The van der Waals surface area contributed by atoms with Crippen molar-refractivity contribution in [2.45, 2.75) is 25.8 Å². The third kappa shape index (κ3) is 3.36. The van der Waals surface area contributed by atoms with Gasteiger partial charge in [-0.1, -0.05) is 25.1 Å². The van der Waals surface area contributed by atoms with Crippen molar-refractivity contribution in [1.82, 2.24) is 20.1 Å². The van der Waals surface area contributed by atoms with Gasteiger partial charge in [-0.15, -0.1) is 10.2 Å². The molecule has 0 saturated carbocycles. The van der Waals surface area contributed by atoms with Crippen LogP contribution < -0.4 is 10.1 Å². The van der Waals surface area contributed by atoms with Crippen molar-refractivity contribution in [3.05, 3.63) is 42.0 Å². The molecule has 0 aliphatic carbocycles. The number of hydrogen-bond donors (Lipinski definition) is 1. The quantitative estimate of drug-likeness (QED) is 0.840. The van der Waals surface area contributed by atoms with Crippen molar-refractivity contribution in [1.29, 1.82) is 0 Å². The molecule has 2 aromatic rings. The Morgan fingerprint density at radius 2 is 2.15 bits per heavy atom. The lowest BCUT2D eigenvalue weighted by Crippen LogP contribution is -2.24. The van der Waals surface area contributed by atoms with Crippen molar-refractivity contribution in [3.63, 3.8) is 0 Å². The van der Waals surface area contributed by atoms with E-state index in [0.717, 1.165) is 31.0 Å². The second-order valence-electron chi connectivity index (χ2n) is 4.76. The van der Waals surface area contributed by atoms with Crippen LogP contribution in [0.15, 0.2) is 30.6 Å². The highest BCUT2D eigenvalue weighted by Gasteiger charge is 2.13. The van der Waals surface area contributed by atoms with Gasteiger partial charge in [-0.25, -0.2) is 0 Å². The van der Waals surface area contributed by atoms with Gasteiger partial charge >= 0.3 is 0 Å². The van der Waals surface area contributed by atoms with Crippen LogP contribution in [0.4, 0.5) is 0 Å².